The fraction of sp³-hybridized carbons (Fsp3) is 0. The molecular weight excluding hydrogens is 370 g/mol. The van der Waals surface area contributed by atoms with E-state index in [2.05, 4.69) is 0 Å². The maximum Gasteiger partial charge on any atom is 4.00 e. The standard InChI is InChI=1S/2H2O4S.7H2O.Zn/c2*1-5(2,3)4;;;;;;;;/h2*(H2,1,2,3,4);7*1H2;/q;;;;;;;;;+4/p-4. The van der Waals surface area contributed by atoms with Gasteiger partial charge in [-0.05, 0) is 0 Å². The molecule has 0 saturated heterocycles. The smallest absolute Gasteiger partial charge is 0.759 e. The van der Waals surface area contributed by atoms with Gasteiger partial charge in [0.25, 0.3) is 0 Å². The van der Waals surface area contributed by atoms with Crippen LogP contribution in [0.25, 0.3) is 0 Å². The summed E-state index contributed by atoms with van der Waals surface area (Å²) in [5.41, 5.74) is 0. The molecule has 118 valence electrons. The van der Waals surface area contributed by atoms with Crippen LogP contribution >= 0.6 is 0 Å². The Hall–Kier alpha value is 0.0834. The van der Waals surface area contributed by atoms with Gasteiger partial charge in [0, 0.05) is 20.8 Å². The van der Waals surface area contributed by atoms with Gasteiger partial charge in [-0.15, -0.1) is 0 Å². The van der Waals surface area contributed by atoms with Crippen molar-refractivity contribution >= 4 is 20.8 Å². The fourth-order valence-electron chi connectivity index (χ4n) is 0. The Balaban J connectivity index is -0.00000000615. The molecule has 15 nitrogen and oxygen atoms in total. The van der Waals surface area contributed by atoms with Gasteiger partial charge in [-0.2, -0.15) is 0 Å². The van der Waals surface area contributed by atoms with E-state index in [4.69, 9.17) is 35.0 Å². The van der Waals surface area contributed by atoms with Crippen LogP contribution in [0, 0.1) is 0 Å². The van der Waals surface area contributed by atoms with E-state index in [0.29, 0.717) is 0 Å². The summed E-state index contributed by atoms with van der Waals surface area (Å²) in [4.78, 5) is 0. The molecule has 0 aromatic heterocycles. The molecule has 0 saturated carbocycles. The molecule has 18 heavy (non-hydrogen) atoms. The topological polar surface area (TPSA) is 381 Å². The zero-order valence-corrected chi connectivity index (χ0v) is 12.9. The first kappa shape index (κ1) is 80.8. The van der Waals surface area contributed by atoms with Gasteiger partial charge in [0.2, 0.25) is 0 Å². The van der Waals surface area contributed by atoms with Crippen molar-refractivity contribution in [1.29, 1.82) is 0 Å². The van der Waals surface area contributed by atoms with Crippen LogP contribution in [0.5, 0.6) is 0 Å². The van der Waals surface area contributed by atoms with Crippen LogP contribution in [0.2, 0.25) is 0 Å². The van der Waals surface area contributed by atoms with Crippen molar-refractivity contribution in [3.05, 3.63) is 0 Å². The zero-order valence-electron chi connectivity index (χ0n) is 8.29. The summed E-state index contributed by atoms with van der Waals surface area (Å²) < 4.78 is 68.2. The van der Waals surface area contributed by atoms with E-state index in [9.17, 15) is 0 Å². The first-order valence-corrected chi connectivity index (χ1v) is 4.00. The molecule has 0 aromatic rings. The minimum absolute atomic E-state index is 0. The van der Waals surface area contributed by atoms with Crippen molar-refractivity contribution in [2.45, 2.75) is 0 Å². The van der Waals surface area contributed by atoms with Gasteiger partial charge in [0.1, 0.15) is 0 Å². The van der Waals surface area contributed by atoms with Gasteiger partial charge in [0.15, 0.2) is 0 Å². The Morgan fingerprint density at radius 3 is 0.444 bits per heavy atom. The predicted octanol–water partition coefficient (Wildman–Crippen LogP) is -8.45. The molecule has 0 rings (SSSR count). The first-order chi connectivity index (χ1) is 4.00. The van der Waals surface area contributed by atoms with Crippen LogP contribution < -0.4 is 0 Å². The molecule has 0 aromatic carbocycles. The third kappa shape index (κ3) is 526000. The Morgan fingerprint density at radius 2 is 0.444 bits per heavy atom. The molecule has 0 radical (unpaired) electrons. The van der Waals surface area contributed by atoms with Gasteiger partial charge in [-0.3, -0.25) is 16.8 Å². The quantitative estimate of drug-likeness (QED) is 0.218. The van der Waals surface area contributed by atoms with Gasteiger partial charge in [-0.25, -0.2) is 0 Å². The van der Waals surface area contributed by atoms with E-state index in [-0.39, 0.29) is 57.8 Å². The second-order valence-corrected chi connectivity index (χ2v) is 2.45. The molecule has 0 aliphatic heterocycles. The molecule has 0 amide bonds. The van der Waals surface area contributed by atoms with Crippen LogP contribution in [-0.4, -0.2) is 73.4 Å². The summed E-state index contributed by atoms with van der Waals surface area (Å²) in [6.45, 7) is 0. The summed E-state index contributed by atoms with van der Waals surface area (Å²) >= 11 is 0. The van der Waals surface area contributed by atoms with Gasteiger partial charge >= 0.3 is 19.5 Å². The Bertz CT molecular complexity index is 211. The molecular formula is H14O15S2Zn. The molecule has 0 unspecified atom stereocenters. The summed E-state index contributed by atoms with van der Waals surface area (Å²) in [6, 6.07) is 0. The second kappa shape index (κ2) is 30.3. The monoisotopic (exact) mass is 382 g/mol. The van der Waals surface area contributed by atoms with E-state index in [1.807, 2.05) is 0 Å². The first-order valence-electron chi connectivity index (χ1n) is 1.33. The normalized spacial score (nSPS) is 6.44. The molecule has 18 heteroatoms. The van der Waals surface area contributed by atoms with Gasteiger partial charge in [0.05, 0.1) is 0 Å². The largest absolute Gasteiger partial charge is 4.00 e. The van der Waals surface area contributed by atoms with Crippen LogP contribution in [0.4, 0.5) is 0 Å². The van der Waals surface area contributed by atoms with Gasteiger partial charge in [-0.1, -0.05) is 0 Å². The molecule has 14 N–H and O–H groups in total. The molecule has 0 heterocycles. The molecule has 0 bridgehead atoms. The molecule has 0 atom stereocenters. The van der Waals surface area contributed by atoms with Crippen molar-refractivity contribution in [2.75, 3.05) is 0 Å². The maximum atomic E-state index is 8.52. The van der Waals surface area contributed by atoms with Crippen LogP contribution in [0.1, 0.15) is 0 Å². The number of rotatable bonds is 0. The van der Waals surface area contributed by atoms with E-state index in [0.717, 1.165) is 0 Å². The minimum Gasteiger partial charge on any atom is -0.759 e. The summed E-state index contributed by atoms with van der Waals surface area (Å²) in [7, 11) is -10.3. The number of hydrogen-bond acceptors (Lipinski definition) is 8. The average Bonchev–Trinajstić information content (AvgIpc) is 1.12. The third-order valence-electron chi connectivity index (χ3n) is 0. The van der Waals surface area contributed by atoms with Crippen LogP contribution in [0.3, 0.4) is 0 Å². The molecule has 0 aliphatic rings. The zero-order chi connectivity index (χ0) is 9.00. The van der Waals surface area contributed by atoms with Crippen LogP contribution in [0.15, 0.2) is 0 Å². The Kier molecular flexibility index (Phi) is 136. The maximum absolute atomic E-state index is 8.52. The Morgan fingerprint density at radius 1 is 0.444 bits per heavy atom. The average molecular weight is 384 g/mol. The summed E-state index contributed by atoms with van der Waals surface area (Å²) in [5.74, 6) is 0. The SMILES string of the molecule is O.O.O.O.O.O.O.O=S(=O)([O-])[O-].O=S(=O)([O-])[O-].[Zn+4]. The van der Waals surface area contributed by atoms with Gasteiger partial charge < -0.3 is 56.5 Å². The van der Waals surface area contributed by atoms with E-state index < -0.39 is 20.8 Å². The van der Waals surface area contributed by atoms with E-state index >= 15 is 0 Å². The molecule has 0 fully saturated rings. The fourth-order valence-corrected chi connectivity index (χ4v) is 0. The number of hydrogen-bond donors (Lipinski definition) is 0. The van der Waals surface area contributed by atoms with Crippen molar-refractivity contribution in [1.82, 2.24) is 0 Å². The van der Waals surface area contributed by atoms with E-state index in [1.54, 1.807) is 0 Å². The molecule has 0 aliphatic carbocycles. The summed E-state index contributed by atoms with van der Waals surface area (Å²) in [5, 5.41) is 0. The predicted molar refractivity (Wildman–Crippen MR) is 46.2 cm³/mol. The summed E-state index contributed by atoms with van der Waals surface area (Å²) in [6.07, 6.45) is 0. The van der Waals surface area contributed by atoms with Crippen molar-refractivity contribution < 1.29 is 92.9 Å². The van der Waals surface area contributed by atoms with Crippen molar-refractivity contribution in [2.24, 2.45) is 0 Å². The van der Waals surface area contributed by atoms with Crippen molar-refractivity contribution in [3.63, 3.8) is 0 Å². The minimum atomic E-state index is -5.17. The third-order valence-corrected chi connectivity index (χ3v) is 0. The second-order valence-electron chi connectivity index (χ2n) is 0.816. The Labute approximate surface area is 114 Å². The van der Waals surface area contributed by atoms with Crippen molar-refractivity contribution in [3.8, 4) is 0 Å². The van der Waals surface area contributed by atoms with Crippen LogP contribution in [-0.2, 0) is 40.3 Å². The molecule has 0 spiro atoms. The van der Waals surface area contributed by atoms with E-state index in [1.165, 1.54) is 0 Å².